The average Bonchev–Trinajstić information content (AvgIpc) is 3.69. The van der Waals surface area contributed by atoms with Crippen LogP contribution in [0.2, 0.25) is 5.02 Å². The lowest BCUT2D eigenvalue weighted by molar-refractivity contribution is -0.235. The quantitative estimate of drug-likeness (QED) is 0.247. The van der Waals surface area contributed by atoms with Gasteiger partial charge in [0.2, 0.25) is 11.7 Å². The number of allylic oxidation sites excluding steroid dienone is 1. The molecule has 0 spiro atoms. The predicted molar refractivity (Wildman–Crippen MR) is 201 cm³/mol. The highest BCUT2D eigenvalue weighted by molar-refractivity contribution is 6.30. The van der Waals surface area contributed by atoms with E-state index in [1.807, 2.05) is 0 Å². The molecule has 0 bridgehead atoms. The molecule has 4 fully saturated rings. The first-order valence-corrected chi connectivity index (χ1v) is 20.2. The van der Waals surface area contributed by atoms with Gasteiger partial charge in [-0.15, -0.1) is 10.2 Å². The summed E-state index contributed by atoms with van der Waals surface area (Å²) in [6.45, 7) is 19.2. The molecule has 2 aromatic rings. The number of ether oxygens (including phenoxy) is 1. The Morgan fingerprint density at radius 2 is 1.65 bits per heavy atom. The van der Waals surface area contributed by atoms with Crippen molar-refractivity contribution in [3.05, 3.63) is 34.5 Å². The summed E-state index contributed by atoms with van der Waals surface area (Å²) in [5.74, 6) is -0.120. The van der Waals surface area contributed by atoms with Gasteiger partial charge in [-0.1, -0.05) is 60.1 Å². The number of halogens is 1. The van der Waals surface area contributed by atoms with Gasteiger partial charge in [0.25, 0.3) is 5.89 Å². The first-order valence-electron chi connectivity index (χ1n) is 19.8. The second-order valence-electron chi connectivity index (χ2n) is 19.6. The number of esters is 1. The van der Waals surface area contributed by atoms with Crippen molar-refractivity contribution in [2.75, 3.05) is 0 Å². The summed E-state index contributed by atoms with van der Waals surface area (Å²) >= 11 is 5.99. The number of ketones is 1. The lowest BCUT2D eigenvalue weighted by atomic mass is 9.33. The number of carbonyl (C=O) groups excluding carboxylic acids is 2. The predicted octanol–water partition coefficient (Wildman–Crippen LogP) is 8.61. The molecule has 2 N–H and O–H groups in total. The summed E-state index contributed by atoms with van der Waals surface area (Å²) in [6.07, 6.45) is 8.62. The third-order valence-corrected chi connectivity index (χ3v) is 16.1. The molecule has 7 rings (SSSR count). The molecule has 0 saturated heterocycles. The van der Waals surface area contributed by atoms with Crippen LogP contribution in [0.5, 0.6) is 0 Å². The Morgan fingerprint density at radius 3 is 2.30 bits per heavy atom. The number of hydrogen-bond acceptors (Lipinski definition) is 10. The minimum Gasteiger partial charge on any atom is -0.481 e. The first kappa shape index (κ1) is 39.1. The fourth-order valence-electron chi connectivity index (χ4n) is 12.9. The van der Waals surface area contributed by atoms with Crippen LogP contribution in [0.25, 0.3) is 11.7 Å². The molecule has 5 aliphatic rings. The van der Waals surface area contributed by atoms with E-state index < -0.39 is 28.9 Å². The van der Waals surface area contributed by atoms with E-state index in [4.69, 9.17) is 20.8 Å². The zero-order chi connectivity index (χ0) is 39.4. The minimum absolute atomic E-state index is 0.00304. The van der Waals surface area contributed by atoms with E-state index in [-0.39, 0.29) is 75.8 Å². The standard InChI is InChI=1S/C42H57ClN4O7/c1-22(2)30-25(48)18-42(32(50)34-46-47-35(54-34)33-44-20-23(43)21-45-33)17-16-40(8)24(31(30)42)10-11-27-39(7)14-13-28(53-29(49)19-37(3,4)36(51)52)38(5,6)26(39)12-15-41(27,40)9/h20-22,24,26-28,32,50H,10-19H2,1-9H3,(H,51,52)/t24?,26-,27+,28-,32-,39-,40+,41+,42+/m0/s1. The van der Waals surface area contributed by atoms with E-state index in [1.165, 1.54) is 12.4 Å². The Hall–Kier alpha value is -3.18. The number of carboxylic acids is 1. The summed E-state index contributed by atoms with van der Waals surface area (Å²) in [5.41, 5.74) is -0.490. The molecule has 0 aromatic carbocycles. The molecule has 11 nitrogen and oxygen atoms in total. The molecule has 5 aliphatic carbocycles. The number of aliphatic hydroxyl groups excluding tert-OH is 1. The van der Waals surface area contributed by atoms with Gasteiger partial charge in [0, 0.05) is 29.6 Å². The monoisotopic (exact) mass is 764 g/mol. The molecule has 0 radical (unpaired) electrons. The largest absolute Gasteiger partial charge is 0.481 e. The summed E-state index contributed by atoms with van der Waals surface area (Å²) in [6, 6.07) is 0. The van der Waals surface area contributed by atoms with Gasteiger partial charge in [-0.2, -0.15) is 0 Å². The molecule has 0 amide bonds. The highest BCUT2D eigenvalue weighted by Crippen LogP contribution is 2.77. The summed E-state index contributed by atoms with van der Waals surface area (Å²) in [5, 5.41) is 30.8. The van der Waals surface area contributed by atoms with Crippen LogP contribution in [0.3, 0.4) is 0 Å². The van der Waals surface area contributed by atoms with Gasteiger partial charge in [-0.05, 0) is 116 Å². The van der Waals surface area contributed by atoms with Crippen molar-refractivity contribution in [3.63, 3.8) is 0 Å². The Bertz CT molecular complexity index is 1890. The van der Waals surface area contributed by atoms with Crippen molar-refractivity contribution < 1.29 is 33.8 Å². The Kier molecular flexibility index (Phi) is 9.36. The van der Waals surface area contributed by atoms with Crippen molar-refractivity contribution in [1.29, 1.82) is 0 Å². The second kappa shape index (κ2) is 12.9. The van der Waals surface area contributed by atoms with Crippen molar-refractivity contribution in [1.82, 2.24) is 20.2 Å². The highest BCUT2D eigenvalue weighted by atomic mass is 35.5. The molecule has 9 atom stereocenters. The van der Waals surface area contributed by atoms with Gasteiger partial charge in [0.05, 0.1) is 16.9 Å². The van der Waals surface area contributed by atoms with E-state index in [0.717, 1.165) is 56.1 Å². The maximum Gasteiger partial charge on any atom is 0.309 e. The number of carbonyl (C=O) groups is 3. The minimum atomic E-state index is -1.19. The highest BCUT2D eigenvalue weighted by Gasteiger charge is 2.71. The molecule has 4 saturated carbocycles. The first-order chi connectivity index (χ1) is 25.1. The van der Waals surface area contributed by atoms with Crippen LogP contribution >= 0.6 is 11.6 Å². The normalized spacial score (nSPS) is 36.6. The third kappa shape index (κ3) is 5.63. The van der Waals surface area contributed by atoms with Gasteiger partial charge >= 0.3 is 11.9 Å². The average molecular weight is 765 g/mol. The Balaban J connectivity index is 1.19. The smallest absolute Gasteiger partial charge is 0.309 e. The number of aromatic nitrogens is 4. The number of aliphatic hydroxyl groups is 1. The van der Waals surface area contributed by atoms with E-state index in [1.54, 1.807) is 13.8 Å². The van der Waals surface area contributed by atoms with Crippen LogP contribution in [0.1, 0.15) is 139 Å². The number of aliphatic carboxylic acids is 1. The fraction of sp³-hybridized carbons (Fsp3) is 0.738. The maximum absolute atomic E-state index is 14.1. The van der Waals surface area contributed by atoms with Crippen molar-refractivity contribution in [3.8, 4) is 11.7 Å². The molecule has 2 heterocycles. The zero-order valence-corrected chi connectivity index (χ0v) is 34.0. The summed E-state index contributed by atoms with van der Waals surface area (Å²) in [4.78, 5) is 47.4. The van der Waals surface area contributed by atoms with Gasteiger partial charge in [-0.25, -0.2) is 9.97 Å². The summed E-state index contributed by atoms with van der Waals surface area (Å²) < 4.78 is 12.2. The van der Waals surface area contributed by atoms with Crippen molar-refractivity contribution in [2.24, 2.45) is 56.2 Å². The Labute approximate surface area is 323 Å². The second-order valence-corrected chi connectivity index (χ2v) is 20.1. The van der Waals surface area contributed by atoms with Gasteiger partial charge < -0.3 is 19.4 Å². The van der Waals surface area contributed by atoms with E-state index >= 15 is 0 Å². The Morgan fingerprint density at radius 1 is 0.963 bits per heavy atom. The molecule has 0 aliphatic heterocycles. The van der Waals surface area contributed by atoms with E-state index in [9.17, 15) is 24.6 Å². The van der Waals surface area contributed by atoms with E-state index in [0.29, 0.717) is 23.3 Å². The number of carboxylic acid groups (broad SMARTS) is 1. The fourth-order valence-corrected chi connectivity index (χ4v) is 13.0. The topological polar surface area (TPSA) is 166 Å². The molecular formula is C42H57ClN4O7. The third-order valence-electron chi connectivity index (χ3n) is 15.9. The lowest BCUT2D eigenvalue weighted by Crippen LogP contribution is -2.66. The number of hydrogen-bond donors (Lipinski definition) is 2. The molecular weight excluding hydrogens is 708 g/mol. The SMILES string of the molecule is CC(C)C1=C2C3CC[C@@H]4[C@@]5(C)CC[C@H](OC(=O)CC(C)(C)C(=O)O)C(C)(C)[C@@H]5CC[C@@]4(C)[C@]3(C)CC[C@@]2([C@@H](O)c2nnc(-c3ncc(Cl)cn3)o2)CC1=O. The van der Waals surface area contributed by atoms with Crippen LogP contribution < -0.4 is 0 Å². The van der Waals surface area contributed by atoms with Crippen LogP contribution in [-0.4, -0.2) is 54.2 Å². The van der Waals surface area contributed by atoms with Gasteiger partial charge in [0.15, 0.2) is 5.78 Å². The number of nitrogens with zero attached hydrogens (tertiary/aromatic N) is 4. The molecule has 2 aromatic heterocycles. The molecule has 1 unspecified atom stereocenters. The van der Waals surface area contributed by atoms with E-state index in [2.05, 4.69) is 68.6 Å². The number of rotatable bonds is 8. The lowest BCUT2D eigenvalue weighted by Gasteiger charge is -2.72. The van der Waals surface area contributed by atoms with Crippen LogP contribution in [0, 0.1) is 56.2 Å². The van der Waals surface area contributed by atoms with Crippen LogP contribution in [0.15, 0.2) is 28.0 Å². The molecule has 12 heteroatoms. The van der Waals surface area contributed by atoms with Crippen molar-refractivity contribution >= 4 is 29.3 Å². The maximum atomic E-state index is 14.1. The molecule has 54 heavy (non-hydrogen) atoms. The zero-order valence-electron chi connectivity index (χ0n) is 33.3. The van der Waals surface area contributed by atoms with Gasteiger partial charge in [-0.3, -0.25) is 14.4 Å². The van der Waals surface area contributed by atoms with Gasteiger partial charge in [0.1, 0.15) is 12.2 Å². The van der Waals surface area contributed by atoms with Crippen LogP contribution in [0.4, 0.5) is 0 Å². The van der Waals surface area contributed by atoms with Crippen LogP contribution in [-0.2, 0) is 19.1 Å². The van der Waals surface area contributed by atoms with Crippen molar-refractivity contribution in [2.45, 2.75) is 139 Å². The summed E-state index contributed by atoms with van der Waals surface area (Å²) in [7, 11) is 0. The molecule has 294 valence electrons. The number of Topliss-reactive ketones (excluding diaryl/α,β-unsaturated/α-hetero) is 1. The number of fused-ring (bicyclic) bond motifs is 7.